The number of ether oxygens (including phenoxy) is 2. The Morgan fingerprint density at radius 3 is 3.15 bits per heavy atom. The van der Waals surface area contributed by atoms with Gasteiger partial charge in [-0.1, -0.05) is 0 Å². The summed E-state index contributed by atoms with van der Waals surface area (Å²) in [6.45, 7) is 6.41. The zero-order valence-corrected chi connectivity index (χ0v) is 11.5. The van der Waals surface area contributed by atoms with E-state index in [1.165, 1.54) is 0 Å². The van der Waals surface area contributed by atoms with Crippen molar-refractivity contribution in [2.45, 2.75) is 13.0 Å². The van der Waals surface area contributed by atoms with E-state index >= 15 is 0 Å². The molecule has 0 bridgehead atoms. The molecule has 2 aliphatic rings. The Balaban J connectivity index is 1.44. The molecule has 0 atom stereocenters. The van der Waals surface area contributed by atoms with Crippen molar-refractivity contribution in [1.29, 1.82) is 0 Å². The van der Waals surface area contributed by atoms with E-state index in [0.717, 1.165) is 45.8 Å². The first kappa shape index (κ1) is 13.4. The Bertz CT molecular complexity index is 445. The summed E-state index contributed by atoms with van der Waals surface area (Å²) in [4.78, 5) is 14.3. The Hall–Kier alpha value is -1.60. The summed E-state index contributed by atoms with van der Waals surface area (Å²) in [7, 11) is 0. The average Bonchev–Trinajstić information content (AvgIpc) is 2.93. The third-order valence-corrected chi connectivity index (χ3v) is 3.56. The molecule has 20 heavy (non-hydrogen) atoms. The van der Waals surface area contributed by atoms with Gasteiger partial charge in [-0.25, -0.2) is 4.68 Å². The zero-order chi connectivity index (χ0) is 13.8. The van der Waals surface area contributed by atoms with Crippen LogP contribution in [0.15, 0.2) is 6.07 Å². The van der Waals surface area contributed by atoms with Crippen LogP contribution in [0.1, 0.15) is 16.9 Å². The largest absolute Gasteiger partial charge is 0.476 e. The smallest absolute Gasteiger partial charge is 0.271 e. The summed E-state index contributed by atoms with van der Waals surface area (Å²) < 4.78 is 12.5. The number of nitrogens with zero attached hydrogens (tertiary/aromatic N) is 3. The molecule has 0 aliphatic carbocycles. The molecular weight excluding hydrogens is 260 g/mol. The number of carbonyl (C=O) groups is 1. The molecule has 7 nitrogen and oxygen atoms in total. The fraction of sp³-hybridized carbons (Fsp3) is 0.692. The highest BCUT2D eigenvalue weighted by Gasteiger charge is 2.19. The fourth-order valence-corrected chi connectivity index (χ4v) is 2.46. The molecule has 3 heterocycles. The number of amides is 1. The van der Waals surface area contributed by atoms with E-state index in [-0.39, 0.29) is 5.91 Å². The molecule has 7 heteroatoms. The van der Waals surface area contributed by atoms with Crippen molar-refractivity contribution in [3.8, 4) is 5.88 Å². The van der Waals surface area contributed by atoms with Crippen molar-refractivity contribution in [2.75, 3.05) is 46.0 Å². The summed E-state index contributed by atoms with van der Waals surface area (Å²) >= 11 is 0. The van der Waals surface area contributed by atoms with Gasteiger partial charge < -0.3 is 14.8 Å². The average molecular weight is 280 g/mol. The molecular formula is C13H20N4O3. The van der Waals surface area contributed by atoms with Crippen LogP contribution in [0.2, 0.25) is 0 Å². The highest BCUT2D eigenvalue weighted by Crippen LogP contribution is 2.18. The minimum atomic E-state index is -0.137. The molecule has 1 saturated heterocycles. The Morgan fingerprint density at radius 1 is 1.30 bits per heavy atom. The molecule has 0 saturated carbocycles. The number of hydrogen-bond acceptors (Lipinski definition) is 5. The van der Waals surface area contributed by atoms with Crippen molar-refractivity contribution >= 4 is 5.91 Å². The van der Waals surface area contributed by atoms with Gasteiger partial charge in [0.15, 0.2) is 5.69 Å². The lowest BCUT2D eigenvalue weighted by Gasteiger charge is -2.18. The monoisotopic (exact) mass is 280 g/mol. The van der Waals surface area contributed by atoms with Crippen LogP contribution < -0.4 is 10.1 Å². The Morgan fingerprint density at radius 2 is 2.25 bits per heavy atom. The molecule has 1 N–H and O–H groups in total. The maximum atomic E-state index is 12.0. The van der Waals surface area contributed by atoms with E-state index in [0.29, 0.717) is 24.7 Å². The number of nitrogens with one attached hydrogen (secondary N) is 1. The quantitative estimate of drug-likeness (QED) is 0.822. The van der Waals surface area contributed by atoms with Gasteiger partial charge >= 0.3 is 0 Å². The second-order valence-electron chi connectivity index (χ2n) is 5.00. The van der Waals surface area contributed by atoms with Gasteiger partial charge in [-0.2, -0.15) is 5.10 Å². The predicted molar refractivity (Wildman–Crippen MR) is 71.9 cm³/mol. The molecule has 0 unspecified atom stereocenters. The van der Waals surface area contributed by atoms with Crippen molar-refractivity contribution in [3.63, 3.8) is 0 Å². The Kier molecular flexibility index (Phi) is 4.17. The van der Waals surface area contributed by atoms with Gasteiger partial charge in [0.2, 0.25) is 5.88 Å². The molecule has 1 aromatic heterocycles. The molecule has 3 rings (SSSR count). The zero-order valence-electron chi connectivity index (χ0n) is 11.5. The van der Waals surface area contributed by atoms with Crippen LogP contribution in [-0.2, 0) is 11.3 Å². The maximum absolute atomic E-state index is 12.0. The van der Waals surface area contributed by atoms with Crippen molar-refractivity contribution in [2.24, 2.45) is 0 Å². The lowest BCUT2D eigenvalue weighted by atomic mass is 10.3. The van der Waals surface area contributed by atoms with Crippen molar-refractivity contribution < 1.29 is 14.3 Å². The summed E-state index contributed by atoms with van der Waals surface area (Å²) in [5, 5.41) is 7.12. The third-order valence-electron chi connectivity index (χ3n) is 3.56. The second-order valence-corrected chi connectivity index (χ2v) is 5.00. The van der Waals surface area contributed by atoms with Crippen LogP contribution >= 0.6 is 0 Å². The Labute approximate surface area is 117 Å². The van der Waals surface area contributed by atoms with Gasteiger partial charge in [0, 0.05) is 38.9 Å². The summed E-state index contributed by atoms with van der Waals surface area (Å²) in [6, 6.07) is 1.70. The first-order valence-corrected chi connectivity index (χ1v) is 7.12. The van der Waals surface area contributed by atoms with E-state index in [1.807, 2.05) is 0 Å². The lowest BCUT2D eigenvalue weighted by Crippen LogP contribution is -2.36. The van der Waals surface area contributed by atoms with Crippen LogP contribution in [-0.4, -0.2) is 66.6 Å². The van der Waals surface area contributed by atoms with Gasteiger partial charge in [0.25, 0.3) is 5.91 Å². The van der Waals surface area contributed by atoms with E-state index in [9.17, 15) is 4.79 Å². The van der Waals surface area contributed by atoms with Crippen LogP contribution in [0.4, 0.5) is 0 Å². The van der Waals surface area contributed by atoms with Gasteiger partial charge in [0.1, 0.15) is 6.61 Å². The molecule has 110 valence electrons. The minimum Gasteiger partial charge on any atom is -0.476 e. The van der Waals surface area contributed by atoms with Gasteiger partial charge in [-0.3, -0.25) is 9.69 Å². The SMILES string of the molecule is O=C(NCCN1CCCOCC1)c1cc2n(n1)CCO2. The van der Waals surface area contributed by atoms with Crippen LogP contribution in [0.5, 0.6) is 5.88 Å². The van der Waals surface area contributed by atoms with Gasteiger partial charge in [-0.05, 0) is 6.42 Å². The minimum absolute atomic E-state index is 0.137. The topological polar surface area (TPSA) is 68.6 Å². The molecule has 2 aliphatic heterocycles. The van der Waals surface area contributed by atoms with Crippen molar-refractivity contribution in [3.05, 3.63) is 11.8 Å². The molecule has 0 aromatic carbocycles. The molecule has 1 amide bonds. The first-order valence-electron chi connectivity index (χ1n) is 7.12. The number of fused-ring (bicyclic) bond motifs is 1. The standard InChI is InChI=1S/C13H20N4O3/c18-13(11-10-12-17(15-11)6-9-20-12)14-2-4-16-3-1-7-19-8-5-16/h10H,1-9H2,(H,14,18). The summed E-state index contributed by atoms with van der Waals surface area (Å²) in [5.41, 5.74) is 0.430. The summed E-state index contributed by atoms with van der Waals surface area (Å²) in [5.74, 6) is 0.543. The summed E-state index contributed by atoms with van der Waals surface area (Å²) in [6.07, 6.45) is 1.05. The van der Waals surface area contributed by atoms with Crippen LogP contribution in [0.25, 0.3) is 0 Å². The lowest BCUT2D eigenvalue weighted by molar-refractivity contribution is 0.0941. The number of hydrogen-bond donors (Lipinski definition) is 1. The molecule has 0 radical (unpaired) electrons. The van der Waals surface area contributed by atoms with Gasteiger partial charge in [-0.15, -0.1) is 0 Å². The molecule has 0 spiro atoms. The predicted octanol–water partition coefficient (Wildman–Crippen LogP) is -0.272. The van der Waals surface area contributed by atoms with E-state index in [2.05, 4.69) is 15.3 Å². The van der Waals surface area contributed by atoms with Crippen LogP contribution in [0.3, 0.4) is 0 Å². The highest BCUT2D eigenvalue weighted by atomic mass is 16.5. The van der Waals surface area contributed by atoms with E-state index in [1.54, 1.807) is 10.7 Å². The van der Waals surface area contributed by atoms with E-state index < -0.39 is 0 Å². The highest BCUT2D eigenvalue weighted by molar-refractivity contribution is 5.92. The molecule has 1 fully saturated rings. The normalized spacial score (nSPS) is 19.2. The number of aromatic nitrogens is 2. The van der Waals surface area contributed by atoms with Gasteiger partial charge in [0.05, 0.1) is 13.2 Å². The van der Waals surface area contributed by atoms with Crippen LogP contribution in [0, 0.1) is 0 Å². The maximum Gasteiger partial charge on any atom is 0.271 e. The number of rotatable bonds is 4. The number of carbonyl (C=O) groups excluding carboxylic acids is 1. The first-order chi connectivity index (χ1) is 9.83. The van der Waals surface area contributed by atoms with E-state index in [4.69, 9.17) is 9.47 Å². The third kappa shape index (κ3) is 3.10. The fourth-order valence-electron chi connectivity index (χ4n) is 2.46. The second kappa shape index (κ2) is 6.23. The molecule has 1 aromatic rings. The van der Waals surface area contributed by atoms with Crippen molar-refractivity contribution in [1.82, 2.24) is 20.0 Å².